The van der Waals surface area contributed by atoms with Crippen molar-refractivity contribution in [1.82, 2.24) is 4.90 Å². The summed E-state index contributed by atoms with van der Waals surface area (Å²) in [4.78, 5) is 7.35. The highest BCUT2D eigenvalue weighted by Crippen LogP contribution is 2.24. The Balaban J connectivity index is 2.34. The first kappa shape index (κ1) is 15.3. The van der Waals surface area contributed by atoms with Crippen LogP contribution < -0.4 is 0 Å². The molecule has 5 heteroatoms. The Bertz CT molecular complexity index is 608. The number of aliphatic imine (C=N–C) groups is 1. The van der Waals surface area contributed by atoms with Gasteiger partial charge in [0, 0.05) is 34.7 Å². The van der Waals surface area contributed by atoms with Gasteiger partial charge in [0.1, 0.15) is 0 Å². The molecular weight excluding hydrogens is 292 g/mol. The van der Waals surface area contributed by atoms with E-state index < -0.39 is 10.8 Å². The van der Waals surface area contributed by atoms with Crippen LogP contribution in [0.2, 0.25) is 5.02 Å². The molecule has 0 radical (unpaired) electrons. The Morgan fingerprint density at radius 2 is 2.10 bits per heavy atom. The van der Waals surface area contributed by atoms with Crippen LogP contribution in [0.5, 0.6) is 0 Å². The van der Waals surface area contributed by atoms with Gasteiger partial charge in [0.25, 0.3) is 0 Å². The Kier molecular flexibility index (Phi) is 4.66. The van der Waals surface area contributed by atoms with Crippen LogP contribution in [0.4, 0.5) is 0 Å². The second kappa shape index (κ2) is 6.10. The third kappa shape index (κ3) is 3.13. The molecule has 1 unspecified atom stereocenters. The van der Waals surface area contributed by atoms with E-state index in [4.69, 9.17) is 11.6 Å². The number of allylic oxidation sites excluding steroid dienone is 1. The van der Waals surface area contributed by atoms with Crippen LogP contribution in [0.3, 0.4) is 0 Å². The van der Waals surface area contributed by atoms with E-state index in [1.165, 1.54) is 0 Å². The summed E-state index contributed by atoms with van der Waals surface area (Å²) >= 11 is 6.34. The number of hydrogen-bond acceptors (Lipinski definition) is 3. The number of rotatable bonds is 3. The molecule has 1 aromatic rings. The van der Waals surface area contributed by atoms with E-state index in [-0.39, 0.29) is 5.25 Å². The molecule has 1 aromatic carbocycles. The van der Waals surface area contributed by atoms with E-state index in [9.17, 15) is 4.21 Å². The molecule has 20 heavy (non-hydrogen) atoms. The Labute approximate surface area is 127 Å². The minimum atomic E-state index is -1.02. The molecule has 0 saturated carbocycles. The lowest BCUT2D eigenvalue weighted by Gasteiger charge is -2.24. The molecule has 0 N–H and O–H groups in total. The smallest absolute Gasteiger partial charge is 0.0684 e. The quantitative estimate of drug-likeness (QED) is 0.856. The van der Waals surface area contributed by atoms with Crippen LogP contribution >= 0.6 is 11.6 Å². The number of likely N-dealkylation sites (N-methyl/N-ethyl adjacent to an activating group) is 1. The molecule has 1 heterocycles. The lowest BCUT2D eigenvalue weighted by atomic mass is 10.1. The fourth-order valence-corrected chi connectivity index (χ4v) is 3.28. The van der Waals surface area contributed by atoms with Gasteiger partial charge in [-0.25, -0.2) is 0 Å². The number of halogens is 1. The summed E-state index contributed by atoms with van der Waals surface area (Å²) in [5, 5.41) is 0.692. The van der Waals surface area contributed by atoms with Crippen LogP contribution in [-0.2, 0) is 10.8 Å². The van der Waals surface area contributed by atoms with Gasteiger partial charge < -0.3 is 4.90 Å². The summed E-state index contributed by atoms with van der Waals surface area (Å²) in [6, 6.07) is 5.59. The molecule has 1 aliphatic heterocycles. The van der Waals surface area contributed by atoms with Gasteiger partial charge in [0.15, 0.2) is 0 Å². The van der Waals surface area contributed by atoms with Crippen LogP contribution in [0.15, 0.2) is 40.0 Å². The van der Waals surface area contributed by atoms with Gasteiger partial charge in [-0.05, 0) is 19.1 Å². The lowest BCUT2D eigenvalue weighted by Crippen LogP contribution is -2.27. The van der Waals surface area contributed by atoms with Crippen molar-refractivity contribution in [3.8, 4) is 0 Å². The summed E-state index contributed by atoms with van der Waals surface area (Å²) < 4.78 is 12.1. The molecule has 3 nitrogen and oxygen atoms in total. The Morgan fingerprint density at radius 3 is 2.65 bits per heavy atom. The zero-order valence-corrected chi connectivity index (χ0v) is 13.8. The average Bonchev–Trinajstić information content (AvgIpc) is 2.41. The molecule has 0 aromatic heterocycles. The Morgan fingerprint density at radius 1 is 1.40 bits per heavy atom. The first-order valence-corrected chi connectivity index (χ1v) is 8.14. The largest absolute Gasteiger partial charge is 0.371 e. The summed E-state index contributed by atoms with van der Waals surface area (Å²) in [6.07, 6.45) is 1.84. The van der Waals surface area contributed by atoms with Gasteiger partial charge in [-0.15, -0.1) is 0 Å². The molecular formula is C15H19ClN2OS. The second-order valence-electron chi connectivity index (χ2n) is 5.19. The fourth-order valence-electron chi connectivity index (χ4n) is 1.94. The van der Waals surface area contributed by atoms with Crippen molar-refractivity contribution < 1.29 is 4.21 Å². The van der Waals surface area contributed by atoms with E-state index in [0.717, 1.165) is 28.4 Å². The molecule has 1 atom stereocenters. The van der Waals surface area contributed by atoms with Gasteiger partial charge in [0.2, 0.25) is 0 Å². The van der Waals surface area contributed by atoms with E-state index >= 15 is 0 Å². The molecule has 2 rings (SSSR count). The molecule has 0 fully saturated rings. The molecule has 0 aliphatic carbocycles. The maximum Gasteiger partial charge on any atom is 0.0684 e. The highest BCUT2D eigenvalue weighted by molar-refractivity contribution is 7.85. The summed E-state index contributed by atoms with van der Waals surface area (Å²) in [5.74, 6) is 0. The summed E-state index contributed by atoms with van der Waals surface area (Å²) in [5.41, 5.74) is 2.97. The fraction of sp³-hybridized carbons (Fsp3) is 0.400. The van der Waals surface area contributed by atoms with Crippen molar-refractivity contribution >= 4 is 28.1 Å². The minimum absolute atomic E-state index is 0.0839. The van der Waals surface area contributed by atoms with E-state index in [1.807, 2.05) is 46.2 Å². The zero-order valence-electron chi connectivity index (χ0n) is 12.2. The predicted molar refractivity (Wildman–Crippen MR) is 85.9 cm³/mol. The monoisotopic (exact) mass is 310 g/mol. The normalized spacial score (nSPS) is 17.0. The predicted octanol–water partition coefficient (Wildman–Crippen LogP) is 3.45. The van der Waals surface area contributed by atoms with Crippen molar-refractivity contribution in [2.75, 3.05) is 13.6 Å². The topological polar surface area (TPSA) is 32.7 Å². The third-order valence-corrected chi connectivity index (χ3v) is 5.20. The Hall–Kier alpha value is -1.13. The number of benzene rings is 1. The van der Waals surface area contributed by atoms with E-state index in [2.05, 4.69) is 9.89 Å². The lowest BCUT2D eigenvalue weighted by molar-refractivity contribution is 0.471. The first-order valence-electron chi connectivity index (χ1n) is 6.55. The molecule has 0 spiro atoms. The molecule has 108 valence electrons. The second-order valence-corrected chi connectivity index (χ2v) is 7.61. The van der Waals surface area contributed by atoms with Crippen LogP contribution in [0.1, 0.15) is 26.3 Å². The van der Waals surface area contributed by atoms with E-state index in [1.54, 1.807) is 6.07 Å². The maximum absolute atomic E-state index is 12.1. The first-order chi connectivity index (χ1) is 9.40. The van der Waals surface area contributed by atoms with Gasteiger partial charge in [-0.1, -0.05) is 31.5 Å². The van der Waals surface area contributed by atoms with Gasteiger partial charge in [0.05, 0.1) is 28.1 Å². The standard InChI is InChI=1S/C15H19ClN2OS/c1-10(2)20(19)12-5-6-13(14(16)7-12)15-9-18(4)11(3)8-17-15/h5-8,10H,9H2,1-4H3. The van der Waals surface area contributed by atoms with Crippen LogP contribution in [0, 0.1) is 0 Å². The van der Waals surface area contributed by atoms with Gasteiger partial charge in [-0.2, -0.15) is 0 Å². The van der Waals surface area contributed by atoms with Crippen LogP contribution in [0.25, 0.3) is 0 Å². The maximum atomic E-state index is 12.1. The number of hydrogen-bond donors (Lipinski definition) is 0. The highest BCUT2D eigenvalue weighted by atomic mass is 35.5. The SMILES string of the molecule is CC1=CN=C(c2ccc(S(=O)C(C)C)cc2Cl)CN1C. The molecule has 0 saturated heterocycles. The third-order valence-electron chi connectivity index (χ3n) is 3.31. The average molecular weight is 311 g/mol. The molecule has 0 bridgehead atoms. The molecule has 0 amide bonds. The van der Waals surface area contributed by atoms with Gasteiger partial charge >= 0.3 is 0 Å². The zero-order chi connectivity index (χ0) is 14.9. The van der Waals surface area contributed by atoms with Crippen molar-refractivity contribution in [3.05, 3.63) is 40.7 Å². The summed E-state index contributed by atoms with van der Waals surface area (Å²) in [7, 11) is 1.01. The van der Waals surface area contributed by atoms with Gasteiger partial charge in [-0.3, -0.25) is 9.20 Å². The van der Waals surface area contributed by atoms with Crippen molar-refractivity contribution in [2.45, 2.75) is 30.9 Å². The molecule has 1 aliphatic rings. The highest BCUT2D eigenvalue weighted by Gasteiger charge is 2.16. The van der Waals surface area contributed by atoms with Crippen molar-refractivity contribution in [3.63, 3.8) is 0 Å². The summed E-state index contributed by atoms with van der Waals surface area (Å²) in [6.45, 7) is 6.63. The number of nitrogens with zero attached hydrogens (tertiary/aromatic N) is 2. The van der Waals surface area contributed by atoms with Crippen molar-refractivity contribution in [1.29, 1.82) is 0 Å². The minimum Gasteiger partial charge on any atom is -0.371 e. The van der Waals surface area contributed by atoms with E-state index in [0.29, 0.717) is 5.02 Å². The van der Waals surface area contributed by atoms with Crippen LogP contribution in [-0.4, -0.2) is 33.7 Å². The van der Waals surface area contributed by atoms with Crippen molar-refractivity contribution in [2.24, 2.45) is 4.99 Å².